The first-order valence-corrected chi connectivity index (χ1v) is 7.06. The number of hydrogen-bond acceptors (Lipinski definition) is 4. The van der Waals surface area contributed by atoms with Gasteiger partial charge in [-0.3, -0.25) is 0 Å². The van der Waals surface area contributed by atoms with Crippen LogP contribution >= 0.6 is 23.2 Å². The molecule has 104 valence electrons. The van der Waals surface area contributed by atoms with Crippen molar-refractivity contribution in [2.45, 2.75) is 19.8 Å². The summed E-state index contributed by atoms with van der Waals surface area (Å²) in [5, 5.41) is 0.805. The summed E-state index contributed by atoms with van der Waals surface area (Å²) in [5.74, 6) is 1.88. The summed E-state index contributed by atoms with van der Waals surface area (Å²) >= 11 is 12.4. The Hall–Kier alpha value is -1.52. The quantitative estimate of drug-likeness (QED) is 0.799. The molecule has 0 saturated heterocycles. The summed E-state index contributed by atoms with van der Waals surface area (Å²) in [4.78, 5) is 8.64. The van der Waals surface area contributed by atoms with Crippen LogP contribution in [-0.2, 0) is 6.42 Å². The number of halogens is 2. The Kier molecular flexibility index (Phi) is 3.68. The van der Waals surface area contributed by atoms with Crippen molar-refractivity contribution in [2.24, 2.45) is 0 Å². The van der Waals surface area contributed by atoms with Gasteiger partial charge in [-0.2, -0.15) is 0 Å². The monoisotopic (exact) mass is 310 g/mol. The molecule has 1 aliphatic heterocycles. The Morgan fingerprint density at radius 1 is 1.10 bits per heavy atom. The summed E-state index contributed by atoms with van der Waals surface area (Å²) in [5.41, 5.74) is 1.58. The lowest BCUT2D eigenvalue weighted by molar-refractivity contribution is 0.174. The SMILES string of the molecule is CCCc1c(Cl)nc(-c2ccc3c(c2)OCO3)nc1Cl. The lowest BCUT2D eigenvalue weighted by Gasteiger charge is -2.08. The van der Waals surface area contributed by atoms with Gasteiger partial charge in [0, 0.05) is 11.1 Å². The number of rotatable bonds is 3. The molecule has 0 N–H and O–H groups in total. The lowest BCUT2D eigenvalue weighted by Crippen LogP contribution is -1.97. The van der Waals surface area contributed by atoms with E-state index in [0.717, 1.165) is 24.0 Å². The fourth-order valence-electron chi connectivity index (χ4n) is 2.05. The van der Waals surface area contributed by atoms with Crippen molar-refractivity contribution >= 4 is 23.2 Å². The molecule has 0 atom stereocenters. The Balaban J connectivity index is 2.02. The van der Waals surface area contributed by atoms with Gasteiger partial charge < -0.3 is 9.47 Å². The summed E-state index contributed by atoms with van der Waals surface area (Å²) in [7, 11) is 0. The van der Waals surface area contributed by atoms with Crippen LogP contribution in [0.25, 0.3) is 11.4 Å². The van der Waals surface area contributed by atoms with Crippen LogP contribution in [0.15, 0.2) is 18.2 Å². The van der Waals surface area contributed by atoms with Gasteiger partial charge >= 0.3 is 0 Å². The van der Waals surface area contributed by atoms with E-state index in [4.69, 9.17) is 32.7 Å². The fraction of sp³-hybridized carbons (Fsp3) is 0.286. The molecule has 0 unspecified atom stereocenters. The minimum Gasteiger partial charge on any atom is -0.454 e. The number of ether oxygens (including phenoxy) is 2. The first-order chi connectivity index (χ1) is 9.69. The van der Waals surface area contributed by atoms with E-state index in [1.165, 1.54) is 0 Å². The number of benzene rings is 1. The van der Waals surface area contributed by atoms with Crippen LogP contribution in [0.4, 0.5) is 0 Å². The van der Waals surface area contributed by atoms with E-state index in [-0.39, 0.29) is 6.79 Å². The van der Waals surface area contributed by atoms with E-state index in [2.05, 4.69) is 16.9 Å². The number of fused-ring (bicyclic) bond motifs is 1. The molecule has 4 nitrogen and oxygen atoms in total. The molecule has 0 bridgehead atoms. The largest absolute Gasteiger partial charge is 0.454 e. The molecule has 0 fully saturated rings. The smallest absolute Gasteiger partial charge is 0.231 e. The summed E-state index contributed by atoms with van der Waals surface area (Å²) in [6.45, 7) is 2.29. The van der Waals surface area contributed by atoms with Crippen molar-refractivity contribution in [1.82, 2.24) is 9.97 Å². The predicted molar refractivity (Wildman–Crippen MR) is 77.6 cm³/mol. The molecule has 3 rings (SSSR count). The zero-order valence-corrected chi connectivity index (χ0v) is 12.3. The van der Waals surface area contributed by atoms with Crippen molar-refractivity contribution in [1.29, 1.82) is 0 Å². The number of nitrogens with zero attached hydrogens (tertiary/aromatic N) is 2. The van der Waals surface area contributed by atoms with Gasteiger partial charge in [0.05, 0.1) is 0 Å². The molecule has 0 spiro atoms. The maximum Gasteiger partial charge on any atom is 0.231 e. The summed E-state index contributed by atoms with van der Waals surface area (Å²) in [6, 6.07) is 5.50. The molecule has 1 aromatic carbocycles. The first kappa shape index (κ1) is 13.5. The van der Waals surface area contributed by atoms with Crippen LogP contribution in [0, 0.1) is 0 Å². The lowest BCUT2D eigenvalue weighted by atomic mass is 10.1. The molecule has 0 radical (unpaired) electrons. The van der Waals surface area contributed by atoms with Gasteiger partial charge in [-0.25, -0.2) is 9.97 Å². The van der Waals surface area contributed by atoms with Gasteiger partial charge in [-0.15, -0.1) is 0 Å². The average Bonchev–Trinajstić information content (AvgIpc) is 2.90. The molecule has 2 aromatic rings. The Bertz CT molecular complexity index is 639. The van der Waals surface area contributed by atoms with E-state index in [1.807, 2.05) is 18.2 Å². The number of hydrogen-bond donors (Lipinski definition) is 0. The normalized spacial score (nSPS) is 12.8. The second kappa shape index (κ2) is 5.46. The molecule has 2 heterocycles. The zero-order chi connectivity index (χ0) is 14.1. The minimum absolute atomic E-state index is 0.233. The Morgan fingerprint density at radius 2 is 1.80 bits per heavy atom. The molecule has 1 aliphatic rings. The van der Waals surface area contributed by atoms with Crippen molar-refractivity contribution < 1.29 is 9.47 Å². The third-order valence-electron chi connectivity index (χ3n) is 3.04. The van der Waals surface area contributed by atoms with E-state index in [0.29, 0.717) is 27.6 Å². The van der Waals surface area contributed by atoms with Crippen LogP contribution < -0.4 is 9.47 Å². The van der Waals surface area contributed by atoms with E-state index in [9.17, 15) is 0 Å². The van der Waals surface area contributed by atoms with Crippen molar-refractivity contribution in [3.05, 3.63) is 34.1 Å². The molecular formula is C14H12Cl2N2O2. The molecule has 1 aromatic heterocycles. The molecule has 0 amide bonds. The van der Waals surface area contributed by atoms with Crippen LogP contribution in [0.2, 0.25) is 10.3 Å². The van der Waals surface area contributed by atoms with Gasteiger partial charge in [0.2, 0.25) is 6.79 Å². The maximum atomic E-state index is 6.19. The van der Waals surface area contributed by atoms with Gasteiger partial charge in [-0.05, 0) is 24.6 Å². The van der Waals surface area contributed by atoms with Gasteiger partial charge in [0.15, 0.2) is 17.3 Å². The molecular weight excluding hydrogens is 299 g/mol. The Morgan fingerprint density at radius 3 is 2.50 bits per heavy atom. The molecule has 0 saturated carbocycles. The van der Waals surface area contributed by atoms with Crippen LogP contribution in [-0.4, -0.2) is 16.8 Å². The van der Waals surface area contributed by atoms with Crippen LogP contribution in [0.1, 0.15) is 18.9 Å². The van der Waals surface area contributed by atoms with Crippen molar-refractivity contribution in [3.8, 4) is 22.9 Å². The van der Waals surface area contributed by atoms with E-state index < -0.39 is 0 Å². The van der Waals surface area contributed by atoms with Crippen molar-refractivity contribution in [3.63, 3.8) is 0 Å². The highest BCUT2D eigenvalue weighted by atomic mass is 35.5. The van der Waals surface area contributed by atoms with E-state index >= 15 is 0 Å². The van der Waals surface area contributed by atoms with E-state index in [1.54, 1.807) is 0 Å². The highest BCUT2D eigenvalue weighted by molar-refractivity contribution is 6.34. The third kappa shape index (κ3) is 2.41. The topological polar surface area (TPSA) is 44.2 Å². The molecule has 20 heavy (non-hydrogen) atoms. The summed E-state index contributed by atoms with van der Waals surface area (Å²) < 4.78 is 10.6. The summed E-state index contributed by atoms with van der Waals surface area (Å²) in [6.07, 6.45) is 1.70. The second-order valence-corrected chi connectivity index (χ2v) is 5.14. The van der Waals surface area contributed by atoms with Crippen LogP contribution in [0.3, 0.4) is 0 Å². The first-order valence-electron chi connectivity index (χ1n) is 6.31. The molecule has 0 aliphatic carbocycles. The number of aromatic nitrogens is 2. The average molecular weight is 311 g/mol. The van der Waals surface area contributed by atoms with Gasteiger partial charge in [0.1, 0.15) is 10.3 Å². The zero-order valence-electron chi connectivity index (χ0n) is 10.8. The van der Waals surface area contributed by atoms with Gasteiger partial charge in [-0.1, -0.05) is 36.5 Å². The maximum absolute atomic E-state index is 6.19. The fourth-order valence-corrected chi connectivity index (χ4v) is 2.63. The predicted octanol–water partition coefficient (Wildman–Crippen LogP) is 4.13. The molecule has 6 heteroatoms. The second-order valence-electron chi connectivity index (χ2n) is 4.43. The van der Waals surface area contributed by atoms with Crippen LogP contribution in [0.5, 0.6) is 11.5 Å². The Labute approximate surface area is 126 Å². The van der Waals surface area contributed by atoms with Gasteiger partial charge in [0.25, 0.3) is 0 Å². The minimum atomic E-state index is 0.233. The standard InChI is InChI=1S/C14H12Cl2N2O2/c1-2-3-9-12(15)17-14(18-13(9)16)8-4-5-10-11(6-8)20-7-19-10/h4-6H,2-3,7H2,1H3. The highest BCUT2D eigenvalue weighted by Gasteiger charge is 2.17. The third-order valence-corrected chi connectivity index (χ3v) is 3.66. The van der Waals surface area contributed by atoms with Crippen molar-refractivity contribution in [2.75, 3.05) is 6.79 Å². The highest BCUT2D eigenvalue weighted by Crippen LogP contribution is 2.36.